The van der Waals surface area contributed by atoms with E-state index in [1.54, 1.807) is 21.3 Å². The number of benzene rings is 2. The maximum atomic E-state index is 9.71. The minimum atomic E-state index is -0.00914. The van der Waals surface area contributed by atoms with Crippen LogP contribution >= 0.6 is 0 Å². The monoisotopic (exact) mass is 355 g/mol. The predicted octanol–water partition coefficient (Wildman–Crippen LogP) is 2.86. The number of methoxy groups -OCH3 is 3. The summed E-state index contributed by atoms with van der Waals surface area (Å²) < 4.78 is 16.6. The molecule has 0 bridgehead atoms. The minimum Gasteiger partial charge on any atom is -0.496 e. The van der Waals surface area contributed by atoms with Gasteiger partial charge in [-0.3, -0.25) is 4.90 Å². The number of aliphatic hydroxyl groups excluding tert-OH is 1. The average Bonchev–Trinajstić information content (AvgIpc) is 2.70. The molecule has 0 radical (unpaired) electrons. The van der Waals surface area contributed by atoms with Crippen LogP contribution in [0.3, 0.4) is 0 Å². The molecule has 138 valence electrons. The number of fused-ring (bicyclic) bond motifs is 4. The van der Waals surface area contributed by atoms with Crippen LogP contribution in [-0.2, 0) is 26.0 Å². The van der Waals surface area contributed by atoms with Gasteiger partial charge in [0.15, 0.2) is 11.5 Å². The molecule has 2 aromatic carbocycles. The van der Waals surface area contributed by atoms with Crippen LogP contribution in [-0.4, -0.2) is 37.9 Å². The minimum absolute atomic E-state index is 0.00914. The molecule has 1 N–H and O–H groups in total. The van der Waals surface area contributed by atoms with Crippen LogP contribution in [0.4, 0.5) is 0 Å². The molecule has 0 saturated heterocycles. The van der Waals surface area contributed by atoms with Crippen molar-refractivity contribution < 1.29 is 19.3 Å². The highest BCUT2D eigenvalue weighted by Gasteiger charge is 2.34. The van der Waals surface area contributed by atoms with E-state index in [4.69, 9.17) is 14.2 Å². The summed E-state index contributed by atoms with van der Waals surface area (Å²) in [5.74, 6) is 2.41. The van der Waals surface area contributed by atoms with E-state index in [9.17, 15) is 5.11 Å². The molecule has 2 aliphatic rings. The van der Waals surface area contributed by atoms with Gasteiger partial charge in [0, 0.05) is 30.3 Å². The normalized spacial score (nSPS) is 18.5. The molecular weight excluding hydrogens is 330 g/mol. The van der Waals surface area contributed by atoms with Crippen molar-refractivity contribution in [3.05, 3.63) is 52.1 Å². The van der Waals surface area contributed by atoms with E-state index in [0.29, 0.717) is 6.04 Å². The van der Waals surface area contributed by atoms with Crippen molar-refractivity contribution in [1.82, 2.24) is 4.90 Å². The second-order valence-corrected chi connectivity index (χ2v) is 6.90. The molecular formula is C21H25NO4. The van der Waals surface area contributed by atoms with Crippen molar-refractivity contribution in [2.75, 3.05) is 27.9 Å². The lowest BCUT2D eigenvalue weighted by Crippen LogP contribution is -2.39. The smallest absolute Gasteiger partial charge is 0.165 e. The van der Waals surface area contributed by atoms with Gasteiger partial charge in [-0.1, -0.05) is 6.07 Å². The third-order valence-electron chi connectivity index (χ3n) is 5.70. The molecule has 1 atom stereocenters. The highest BCUT2D eigenvalue weighted by Crippen LogP contribution is 2.44. The van der Waals surface area contributed by atoms with Gasteiger partial charge in [0.05, 0.1) is 27.9 Å². The van der Waals surface area contributed by atoms with Crippen molar-refractivity contribution in [3.8, 4) is 17.2 Å². The Kier molecular flexibility index (Phi) is 4.51. The lowest BCUT2D eigenvalue weighted by Gasteiger charge is -2.42. The van der Waals surface area contributed by atoms with E-state index in [0.717, 1.165) is 48.7 Å². The van der Waals surface area contributed by atoms with Gasteiger partial charge < -0.3 is 19.3 Å². The summed E-state index contributed by atoms with van der Waals surface area (Å²) in [4.78, 5) is 2.50. The van der Waals surface area contributed by atoms with Crippen LogP contribution in [0, 0.1) is 0 Å². The van der Waals surface area contributed by atoms with E-state index >= 15 is 0 Å². The molecule has 2 heterocycles. The Morgan fingerprint density at radius 2 is 1.85 bits per heavy atom. The van der Waals surface area contributed by atoms with Crippen LogP contribution in [0.25, 0.3) is 0 Å². The molecule has 0 saturated carbocycles. The summed E-state index contributed by atoms with van der Waals surface area (Å²) in [5, 5.41) is 9.71. The van der Waals surface area contributed by atoms with Gasteiger partial charge in [0.2, 0.25) is 0 Å². The Bertz CT molecular complexity index is 833. The molecule has 2 aliphatic heterocycles. The summed E-state index contributed by atoms with van der Waals surface area (Å²) in [6.07, 6.45) is 1.91. The molecule has 2 aromatic rings. The maximum Gasteiger partial charge on any atom is 0.165 e. The van der Waals surface area contributed by atoms with Crippen molar-refractivity contribution in [2.24, 2.45) is 0 Å². The van der Waals surface area contributed by atoms with Crippen LogP contribution in [0.5, 0.6) is 17.2 Å². The van der Waals surface area contributed by atoms with Crippen molar-refractivity contribution in [1.29, 1.82) is 0 Å². The largest absolute Gasteiger partial charge is 0.496 e. The topological polar surface area (TPSA) is 51.2 Å². The summed E-state index contributed by atoms with van der Waals surface area (Å²) in [5.41, 5.74) is 6.01. The van der Waals surface area contributed by atoms with Crippen molar-refractivity contribution in [2.45, 2.75) is 32.0 Å². The lowest BCUT2D eigenvalue weighted by atomic mass is 9.83. The number of hydrogen-bond acceptors (Lipinski definition) is 5. The number of ether oxygens (including phenoxy) is 3. The van der Waals surface area contributed by atoms with Gasteiger partial charge in [-0.25, -0.2) is 0 Å². The van der Waals surface area contributed by atoms with E-state index in [-0.39, 0.29) is 6.61 Å². The highest BCUT2D eigenvalue weighted by atomic mass is 16.5. The van der Waals surface area contributed by atoms with E-state index < -0.39 is 0 Å². The highest BCUT2D eigenvalue weighted by molar-refractivity contribution is 5.53. The zero-order valence-electron chi connectivity index (χ0n) is 15.5. The number of nitrogens with zero attached hydrogens (tertiary/aromatic N) is 1. The SMILES string of the molecule is COc1cc2c(cc1CO)C1Cc3ccc(OC)c(OC)c3CN1CC2. The van der Waals surface area contributed by atoms with E-state index in [1.807, 2.05) is 6.07 Å². The first-order chi connectivity index (χ1) is 12.7. The Morgan fingerprint density at radius 1 is 1.04 bits per heavy atom. The number of rotatable bonds is 4. The van der Waals surface area contributed by atoms with E-state index in [1.165, 1.54) is 22.3 Å². The number of aliphatic hydroxyl groups is 1. The third kappa shape index (κ3) is 2.63. The fourth-order valence-electron chi connectivity index (χ4n) is 4.38. The summed E-state index contributed by atoms with van der Waals surface area (Å²) in [6.45, 7) is 1.84. The molecule has 0 amide bonds. The van der Waals surface area contributed by atoms with E-state index in [2.05, 4.69) is 23.1 Å². The summed E-state index contributed by atoms with van der Waals surface area (Å²) in [7, 11) is 5.04. The van der Waals surface area contributed by atoms with Crippen LogP contribution < -0.4 is 14.2 Å². The molecule has 4 rings (SSSR count). The molecule has 0 spiro atoms. The molecule has 5 heteroatoms. The van der Waals surface area contributed by atoms with Gasteiger partial charge in [-0.15, -0.1) is 0 Å². The Morgan fingerprint density at radius 3 is 2.54 bits per heavy atom. The van der Waals surface area contributed by atoms with Crippen molar-refractivity contribution in [3.63, 3.8) is 0 Å². The second-order valence-electron chi connectivity index (χ2n) is 6.90. The standard InChI is InChI=1S/C21H25NO4/c1-24-19-5-4-13-9-18-16-8-15(12-23)20(25-2)10-14(16)6-7-22(18)11-17(13)21(19)26-3/h4-5,8,10,18,23H,6-7,9,11-12H2,1-3H3. The molecule has 0 aromatic heterocycles. The van der Waals surface area contributed by atoms with Gasteiger partial charge in [-0.05, 0) is 47.7 Å². The number of hydrogen-bond donors (Lipinski definition) is 1. The van der Waals surface area contributed by atoms with Gasteiger partial charge in [0.25, 0.3) is 0 Å². The Hall–Kier alpha value is -2.24. The molecule has 0 aliphatic carbocycles. The third-order valence-corrected chi connectivity index (χ3v) is 5.70. The second kappa shape index (κ2) is 6.82. The quantitative estimate of drug-likeness (QED) is 0.914. The fourth-order valence-corrected chi connectivity index (χ4v) is 4.38. The maximum absolute atomic E-state index is 9.71. The van der Waals surface area contributed by atoms with Gasteiger partial charge in [-0.2, -0.15) is 0 Å². The van der Waals surface area contributed by atoms with Gasteiger partial charge >= 0.3 is 0 Å². The Balaban J connectivity index is 1.76. The zero-order valence-corrected chi connectivity index (χ0v) is 15.5. The molecule has 1 unspecified atom stereocenters. The fraction of sp³-hybridized carbons (Fsp3) is 0.429. The lowest BCUT2D eigenvalue weighted by molar-refractivity contribution is 0.157. The summed E-state index contributed by atoms with van der Waals surface area (Å²) in [6, 6.07) is 8.68. The molecule has 5 nitrogen and oxygen atoms in total. The first kappa shape index (κ1) is 17.2. The van der Waals surface area contributed by atoms with Crippen LogP contribution in [0.2, 0.25) is 0 Å². The summed E-state index contributed by atoms with van der Waals surface area (Å²) >= 11 is 0. The van der Waals surface area contributed by atoms with Crippen LogP contribution in [0.15, 0.2) is 24.3 Å². The molecule has 0 fully saturated rings. The van der Waals surface area contributed by atoms with Crippen molar-refractivity contribution >= 4 is 0 Å². The zero-order chi connectivity index (χ0) is 18.3. The molecule has 26 heavy (non-hydrogen) atoms. The average molecular weight is 355 g/mol. The van der Waals surface area contributed by atoms with Crippen LogP contribution in [0.1, 0.15) is 33.9 Å². The first-order valence-electron chi connectivity index (χ1n) is 8.97. The first-order valence-corrected chi connectivity index (χ1v) is 8.97. The predicted molar refractivity (Wildman–Crippen MR) is 99.0 cm³/mol. The van der Waals surface area contributed by atoms with Gasteiger partial charge in [0.1, 0.15) is 5.75 Å². The Labute approximate surface area is 154 Å².